The topological polar surface area (TPSA) is 38.9 Å². The highest BCUT2D eigenvalue weighted by Gasteiger charge is 2.11. The van der Waals surface area contributed by atoms with Crippen LogP contribution in [0.25, 0.3) is 10.2 Å². The maximum atomic E-state index is 13.0. The number of halogens is 1. The smallest absolute Gasteiger partial charge is 0.125 e. The van der Waals surface area contributed by atoms with Crippen LogP contribution in [0, 0.1) is 5.82 Å². The normalized spacial score (nSPS) is 13.2. The summed E-state index contributed by atoms with van der Waals surface area (Å²) in [6, 6.07) is 4.67. The lowest BCUT2D eigenvalue weighted by Gasteiger charge is -2.05. The van der Waals surface area contributed by atoms with Crippen LogP contribution in [0.15, 0.2) is 18.2 Å². The van der Waals surface area contributed by atoms with Gasteiger partial charge >= 0.3 is 0 Å². The summed E-state index contributed by atoms with van der Waals surface area (Å²) >= 11 is 1.56. The Labute approximate surface area is 98.3 Å². The molecule has 1 heterocycles. The molecule has 0 aliphatic carbocycles. The highest BCUT2D eigenvalue weighted by molar-refractivity contribution is 7.18. The second-order valence-corrected chi connectivity index (χ2v) is 4.98. The third-order valence-electron chi connectivity index (χ3n) is 2.55. The number of nitrogens with two attached hydrogens (primary N) is 1. The molecule has 0 spiro atoms. The Morgan fingerprint density at radius 1 is 1.50 bits per heavy atom. The lowest BCUT2D eigenvalue weighted by molar-refractivity contribution is 0.601. The van der Waals surface area contributed by atoms with Gasteiger partial charge in [-0.25, -0.2) is 9.37 Å². The summed E-state index contributed by atoms with van der Waals surface area (Å²) < 4.78 is 14.0. The Morgan fingerprint density at radius 2 is 2.31 bits per heavy atom. The molecule has 2 rings (SSSR count). The lowest BCUT2D eigenvalue weighted by atomic mass is 10.1. The molecule has 1 aromatic heterocycles. The van der Waals surface area contributed by atoms with Crippen LogP contribution < -0.4 is 5.73 Å². The molecule has 2 aromatic rings. The minimum Gasteiger partial charge on any atom is -0.322 e. The number of nitrogens with zero attached hydrogens (tertiary/aromatic N) is 1. The van der Waals surface area contributed by atoms with Gasteiger partial charge in [-0.2, -0.15) is 0 Å². The molecule has 0 amide bonds. The van der Waals surface area contributed by atoms with Crippen molar-refractivity contribution in [3.05, 3.63) is 29.0 Å². The van der Waals surface area contributed by atoms with Crippen LogP contribution >= 0.6 is 11.3 Å². The van der Waals surface area contributed by atoms with Crippen LogP contribution in [0.1, 0.15) is 37.2 Å². The van der Waals surface area contributed by atoms with Crippen LogP contribution in [-0.4, -0.2) is 4.98 Å². The fourth-order valence-electron chi connectivity index (χ4n) is 1.62. The van der Waals surface area contributed by atoms with Crippen molar-refractivity contribution in [2.24, 2.45) is 5.73 Å². The van der Waals surface area contributed by atoms with Gasteiger partial charge in [-0.3, -0.25) is 0 Å². The van der Waals surface area contributed by atoms with Gasteiger partial charge in [0.05, 0.1) is 16.3 Å². The third-order valence-corrected chi connectivity index (χ3v) is 3.72. The fourth-order valence-corrected chi connectivity index (χ4v) is 2.61. The lowest BCUT2D eigenvalue weighted by Crippen LogP contribution is -2.09. The van der Waals surface area contributed by atoms with E-state index in [2.05, 4.69) is 11.9 Å². The molecule has 16 heavy (non-hydrogen) atoms. The van der Waals surface area contributed by atoms with Gasteiger partial charge < -0.3 is 5.73 Å². The van der Waals surface area contributed by atoms with E-state index in [-0.39, 0.29) is 11.9 Å². The molecule has 0 fully saturated rings. The average molecular weight is 238 g/mol. The molecule has 1 aromatic carbocycles. The van der Waals surface area contributed by atoms with Gasteiger partial charge in [0.15, 0.2) is 0 Å². The first kappa shape index (κ1) is 11.5. The van der Waals surface area contributed by atoms with E-state index in [0.29, 0.717) is 5.52 Å². The first-order chi connectivity index (χ1) is 7.70. The largest absolute Gasteiger partial charge is 0.322 e. The Hall–Kier alpha value is -1.00. The van der Waals surface area contributed by atoms with Gasteiger partial charge in [-0.1, -0.05) is 19.8 Å². The number of hydrogen-bond donors (Lipinski definition) is 1. The molecule has 1 atom stereocenters. The predicted molar refractivity (Wildman–Crippen MR) is 66.0 cm³/mol. The molecule has 1 unspecified atom stereocenters. The first-order valence-corrected chi connectivity index (χ1v) is 6.34. The summed E-state index contributed by atoms with van der Waals surface area (Å²) in [6.07, 6.45) is 3.18. The summed E-state index contributed by atoms with van der Waals surface area (Å²) in [5.74, 6) is -0.244. The second-order valence-electron chi connectivity index (χ2n) is 3.91. The minimum absolute atomic E-state index is 0.0135. The average Bonchev–Trinajstić information content (AvgIpc) is 2.68. The summed E-state index contributed by atoms with van der Waals surface area (Å²) in [5.41, 5.74) is 6.75. The van der Waals surface area contributed by atoms with Crippen molar-refractivity contribution in [3.8, 4) is 0 Å². The number of unbranched alkanes of at least 4 members (excludes halogenated alkanes) is 1. The molecule has 2 nitrogen and oxygen atoms in total. The van der Waals surface area contributed by atoms with Gasteiger partial charge in [-0.05, 0) is 18.6 Å². The number of fused-ring (bicyclic) bond motifs is 1. The zero-order valence-corrected chi connectivity index (χ0v) is 10.1. The van der Waals surface area contributed by atoms with Crippen molar-refractivity contribution < 1.29 is 4.39 Å². The van der Waals surface area contributed by atoms with Crippen LogP contribution in [0.5, 0.6) is 0 Å². The zero-order valence-electron chi connectivity index (χ0n) is 9.24. The molecule has 0 aliphatic rings. The molecule has 0 bridgehead atoms. The molecular formula is C12H15FN2S. The highest BCUT2D eigenvalue weighted by Crippen LogP contribution is 2.27. The Balaban J connectivity index is 2.25. The van der Waals surface area contributed by atoms with Crippen LogP contribution in [0.2, 0.25) is 0 Å². The summed E-state index contributed by atoms with van der Waals surface area (Å²) in [7, 11) is 0. The number of benzene rings is 1. The van der Waals surface area contributed by atoms with Crippen molar-refractivity contribution >= 4 is 21.6 Å². The number of rotatable bonds is 4. The van der Waals surface area contributed by atoms with Gasteiger partial charge in [0, 0.05) is 6.07 Å². The highest BCUT2D eigenvalue weighted by atomic mass is 32.1. The van der Waals surface area contributed by atoms with Crippen LogP contribution in [-0.2, 0) is 0 Å². The zero-order chi connectivity index (χ0) is 11.5. The maximum absolute atomic E-state index is 13.0. The van der Waals surface area contributed by atoms with Gasteiger partial charge in [0.2, 0.25) is 0 Å². The Morgan fingerprint density at radius 3 is 3.06 bits per heavy atom. The molecule has 0 saturated carbocycles. The van der Waals surface area contributed by atoms with Gasteiger partial charge in [0.25, 0.3) is 0 Å². The van der Waals surface area contributed by atoms with Crippen molar-refractivity contribution in [2.75, 3.05) is 0 Å². The van der Waals surface area contributed by atoms with E-state index in [9.17, 15) is 4.39 Å². The van der Waals surface area contributed by atoms with Crippen molar-refractivity contribution in [3.63, 3.8) is 0 Å². The van der Waals surface area contributed by atoms with Crippen LogP contribution in [0.4, 0.5) is 4.39 Å². The molecule has 0 saturated heterocycles. The fraction of sp³-hybridized carbons (Fsp3) is 0.417. The van der Waals surface area contributed by atoms with E-state index in [4.69, 9.17) is 5.73 Å². The van der Waals surface area contributed by atoms with Crippen molar-refractivity contribution in [1.82, 2.24) is 4.98 Å². The quantitative estimate of drug-likeness (QED) is 0.883. The number of aromatic nitrogens is 1. The molecule has 4 heteroatoms. The SMILES string of the molecule is CCCCC(N)c1nc2cc(F)ccc2s1. The van der Waals surface area contributed by atoms with Gasteiger partial charge in [0.1, 0.15) is 10.8 Å². The Kier molecular flexibility index (Phi) is 3.51. The van der Waals surface area contributed by atoms with E-state index in [1.54, 1.807) is 17.4 Å². The van der Waals surface area contributed by atoms with Crippen molar-refractivity contribution in [1.29, 1.82) is 0 Å². The molecular weight excluding hydrogens is 223 g/mol. The molecule has 86 valence electrons. The van der Waals surface area contributed by atoms with E-state index < -0.39 is 0 Å². The summed E-state index contributed by atoms with van der Waals surface area (Å²) in [6.45, 7) is 2.14. The van der Waals surface area contributed by atoms with E-state index in [1.165, 1.54) is 12.1 Å². The number of hydrogen-bond acceptors (Lipinski definition) is 3. The van der Waals surface area contributed by atoms with Crippen LogP contribution in [0.3, 0.4) is 0 Å². The van der Waals surface area contributed by atoms with E-state index in [0.717, 1.165) is 29.0 Å². The molecule has 0 aliphatic heterocycles. The summed E-state index contributed by atoms with van der Waals surface area (Å²) in [4.78, 5) is 4.38. The van der Waals surface area contributed by atoms with E-state index >= 15 is 0 Å². The molecule has 2 N–H and O–H groups in total. The van der Waals surface area contributed by atoms with E-state index in [1.807, 2.05) is 0 Å². The number of thiazole rings is 1. The predicted octanol–water partition coefficient (Wildman–Crippen LogP) is 3.63. The maximum Gasteiger partial charge on any atom is 0.125 e. The van der Waals surface area contributed by atoms with Crippen molar-refractivity contribution in [2.45, 2.75) is 32.2 Å². The third kappa shape index (κ3) is 2.39. The van der Waals surface area contributed by atoms with Gasteiger partial charge in [-0.15, -0.1) is 11.3 Å². The molecule has 0 radical (unpaired) electrons. The summed E-state index contributed by atoms with van der Waals surface area (Å²) in [5, 5.41) is 0.911. The Bertz CT molecular complexity index is 481. The monoisotopic (exact) mass is 238 g/mol. The standard InChI is InChI=1S/C12H15FN2S/c1-2-3-4-9(14)12-15-10-7-8(13)5-6-11(10)16-12/h5-7,9H,2-4,14H2,1H3. The minimum atomic E-state index is -0.244. The second kappa shape index (κ2) is 4.89. The first-order valence-electron chi connectivity index (χ1n) is 5.52.